The molecule has 2 unspecified atom stereocenters. The Hall–Kier alpha value is -2.08. The van der Waals surface area contributed by atoms with Crippen molar-refractivity contribution in [2.24, 2.45) is 17.3 Å². The second-order valence-corrected chi connectivity index (χ2v) is 5.74. The molecule has 1 saturated carbocycles. The van der Waals surface area contributed by atoms with Gasteiger partial charge in [0.2, 0.25) is 0 Å². The number of hydrogen-bond donors (Lipinski definition) is 0. The summed E-state index contributed by atoms with van der Waals surface area (Å²) in [7, 11) is 0. The first-order valence-corrected chi connectivity index (χ1v) is 6.66. The van der Waals surface area contributed by atoms with Crippen LogP contribution in [0.2, 0.25) is 0 Å². The Morgan fingerprint density at radius 3 is 1.95 bits per heavy atom. The zero-order valence-corrected chi connectivity index (χ0v) is 12.5. The smallest absolute Gasteiger partial charge is 0.325 e. The molecule has 3 nitrogen and oxygen atoms in total. The third kappa shape index (κ3) is 4.24. The predicted molar refractivity (Wildman–Crippen MR) is 78.3 cm³/mol. The highest BCUT2D eigenvalue weighted by atomic mass is 16.5. The number of allylic oxidation sites excluding steroid dienone is 2. The van der Waals surface area contributed by atoms with Gasteiger partial charge in [-0.1, -0.05) is 61.9 Å². The van der Waals surface area contributed by atoms with Crippen molar-refractivity contribution >= 4 is 5.97 Å². The fourth-order valence-electron chi connectivity index (χ4n) is 2.29. The normalized spacial score (nSPS) is 21.6. The van der Waals surface area contributed by atoms with Crippen LogP contribution in [0.25, 0.3) is 0 Å². The van der Waals surface area contributed by atoms with Crippen LogP contribution >= 0.6 is 0 Å². The first kappa shape index (κ1) is 16.0. The summed E-state index contributed by atoms with van der Waals surface area (Å²) in [6.07, 6.45) is 3.50. The topological polar surface area (TPSA) is 50.1 Å². The van der Waals surface area contributed by atoms with Crippen LogP contribution in [0.5, 0.6) is 0 Å². The van der Waals surface area contributed by atoms with E-state index in [-0.39, 0.29) is 17.3 Å². The minimum Gasteiger partial charge on any atom is -0.351 e. The largest absolute Gasteiger partial charge is 0.351 e. The molecule has 3 heteroatoms. The monoisotopic (exact) mass is 271 g/mol. The predicted octanol–water partition coefficient (Wildman–Crippen LogP) is 3.94. The molecule has 0 radical (unpaired) electrons. The van der Waals surface area contributed by atoms with Crippen molar-refractivity contribution in [1.82, 2.24) is 0 Å². The molecule has 0 N–H and O–H groups in total. The number of ether oxygens (including phenoxy) is 1. The highest BCUT2D eigenvalue weighted by Crippen LogP contribution is 2.59. The molecular weight excluding hydrogens is 250 g/mol. The lowest BCUT2D eigenvalue weighted by molar-refractivity contribution is -0.139. The first-order valence-electron chi connectivity index (χ1n) is 6.66. The number of hydrogen-bond acceptors (Lipinski definition) is 3. The van der Waals surface area contributed by atoms with Crippen LogP contribution in [0.15, 0.2) is 48.0 Å². The second-order valence-electron chi connectivity index (χ2n) is 5.74. The van der Waals surface area contributed by atoms with Gasteiger partial charge < -0.3 is 4.74 Å². The third-order valence-electron chi connectivity index (χ3n) is 3.49. The van der Waals surface area contributed by atoms with Crippen LogP contribution < -0.4 is 0 Å². The van der Waals surface area contributed by atoms with Gasteiger partial charge in [0.05, 0.1) is 5.92 Å². The fourth-order valence-corrected chi connectivity index (χ4v) is 2.29. The lowest BCUT2D eigenvalue weighted by Gasteiger charge is -1.97. The van der Waals surface area contributed by atoms with Crippen molar-refractivity contribution in [2.75, 3.05) is 0 Å². The van der Waals surface area contributed by atoms with E-state index in [9.17, 15) is 4.79 Å². The van der Waals surface area contributed by atoms with E-state index in [0.29, 0.717) is 0 Å². The minimum absolute atomic E-state index is 0.0643. The maximum atomic E-state index is 11.3. The van der Waals surface area contributed by atoms with Gasteiger partial charge in [0.1, 0.15) is 0 Å². The number of nitrogens with zero attached hydrogens (tertiary/aromatic N) is 1. The summed E-state index contributed by atoms with van der Waals surface area (Å²) in [4.78, 5) is 11.3. The van der Waals surface area contributed by atoms with E-state index in [0.717, 1.165) is 0 Å². The highest BCUT2D eigenvalue weighted by Gasteiger charge is 2.61. The summed E-state index contributed by atoms with van der Waals surface area (Å²) in [5.74, 6) is -0.342. The van der Waals surface area contributed by atoms with Crippen LogP contribution in [0.3, 0.4) is 0 Å². The minimum atomic E-state index is -0.403. The molecule has 2 atom stereocenters. The Labute approximate surface area is 120 Å². The van der Waals surface area contributed by atoms with Gasteiger partial charge in [-0.25, -0.2) is 0 Å². The number of carbonyl (C=O) groups excluding carboxylic acids is 1. The van der Waals surface area contributed by atoms with Gasteiger partial charge in [-0.15, -0.1) is 5.26 Å². The van der Waals surface area contributed by atoms with E-state index in [2.05, 4.69) is 10.8 Å². The van der Waals surface area contributed by atoms with E-state index >= 15 is 0 Å². The van der Waals surface area contributed by atoms with Gasteiger partial charge in [0.25, 0.3) is 6.26 Å². The van der Waals surface area contributed by atoms with E-state index in [1.807, 2.05) is 64.1 Å². The van der Waals surface area contributed by atoms with Crippen molar-refractivity contribution in [2.45, 2.75) is 27.7 Å². The second kappa shape index (κ2) is 6.91. The highest BCUT2D eigenvalue weighted by molar-refractivity contribution is 5.79. The van der Waals surface area contributed by atoms with Crippen LogP contribution in [0.1, 0.15) is 27.7 Å². The summed E-state index contributed by atoms with van der Waals surface area (Å²) < 4.78 is 4.35. The molecule has 2 rings (SSSR count). The molecular formula is C17H21NO2. The summed E-state index contributed by atoms with van der Waals surface area (Å²) in [5.41, 5.74) is 1.13. The zero-order chi connectivity index (χ0) is 15.2. The van der Waals surface area contributed by atoms with Crippen molar-refractivity contribution < 1.29 is 9.53 Å². The molecule has 0 aromatic heterocycles. The average molecular weight is 271 g/mol. The van der Waals surface area contributed by atoms with Crippen molar-refractivity contribution in [1.29, 1.82) is 5.26 Å². The third-order valence-corrected chi connectivity index (χ3v) is 3.49. The number of esters is 1. The Morgan fingerprint density at radius 2 is 1.60 bits per heavy atom. The molecule has 1 aromatic rings. The summed E-state index contributed by atoms with van der Waals surface area (Å²) in [6, 6.07) is 12.0. The SMILES string of the molecule is CC(C)=CC1C(C(=O)OC#N)C1(C)C.c1ccccc1. The molecule has 106 valence electrons. The number of carbonyl (C=O) groups is 1. The molecule has 0 aliphatic heterocycles. The van der Waals surface area contributed by atoms with E-state index < -0.39 is 5.97 Å². The number of benzene rings is 1. The van der Waals surface area contributed by atoms with Gasteiger partial charge in [-0.2, -0.15) is 0 Å². The van der Waals surface area contributed by atoms with Crippen LogP contribution in [-0.2, 0) is 9.53 Å². The molecule has 0 saturated heterocycles. The quantitative estimate of drug-likeness (QED) is 0.465. The molecule has 0 heterocycles. The molecule has 1 aromatic carbocycles. The molecule has 20 heavy (non-hydrogen) atoms. The van der Waals surface area contributed by atoms with Crippen molar-refractivity contribution in [3.63, 3.8) is 0 Å². The molecule has 0 amide bonds. The van der Waals surface area contributed by atoms with Crippen molar-refractivity contribution in [3.05, 3.63) is 48.0 Å². The van der Waals surface area contributed by atoms with E-state index in [4.69, 9.17) is 5.26 Å². The van der Waals surface area contributed by atoms with E-state index in [1.54, 1.807) is 0 Å². The molecule has 1 aliphatic rings. The standard InChI is InChI=1S/C11H15NO2.C6H6/c1-7(2)5-8-9(11(8,3)4)10(13)14-6-12;1-2-4-6-5-3-1/h5,8-9H,1-4H3;1-6H. The Balaban J connectivity index is 0.000000276. The Kier molecular flexibility index (Phi) is 5.52. The maximum Gasteiger partial charge on any atom is 0.325 e. The molecule has 0 spiro atoms. The average Bonchev–Trinajstić information content (AvgIpc) is 2.93. The van der Waals surface area contributed by atoms with E-state index in [1.165, 1.54) is 11.8 Å². The Morgan fingerprint density at radius 1 is 1.15 bits per heavy atom. The summed E-state index contributed by atoms with van der Waals surface area (Å²) >= 11 is 0. The number of rotatable bonds is 2. The lowest BCUT2D eigenvalue weighted by Crippen LogP contribution is -2.07. The maximum absolute atomic E-state index is 11.3. The number of nitriles is 1. The summed E-state index contributed by atoms with van der Waals surface area (Å²) in [5, 5.41) is 8.24. The molecule has 0 bridgehead atoms. The van der Waals surface area contributed by atoms with Crippen LogP contribution in [0, 0.1) is 28.8 Å². The Bertz CT molecular complexity index is 481. The molecule has 1 fully saturated rings. The van der Waals surface area contributed by atoms with Crippen molar-refractivity contribution in [3.8, 4) is 6.26 Å². The molecule has 1 aliphatic carbocycles. The van der Waals surface area contributed by atoms with Gasteiger partial charge in [-0.05, 0) is 25.2 Å². The van der Waals surface area contributed by atoms with Crippen LogP contribution in [0.4, 0.5) is 0 Å². The van der Waals surface area contributed by atoms with Gasteiger partial charge in [0.15, 0.2) is 0 Å². The summed E-state index contributed by atoms with van der Waals surface area (Å²) in [6.45, 7) is 8.03. The van der Waals surface area contributed by atoms with Gasteiger partial charge in [-0.3, -0.25) is 4.79 Å². The van der Waals surface area contributed by atoms with Gasteiger partial charge >= 0.3 is 5.97 Å². The van der Waals surface area contributed by atoms with Gasteiger partial charge in [0, 0.05) is 0 Å². The lowest BCUT2D eigenvalue weighted by atomic mass is 10.1. The van der Waals surface area contributed by atoms with Crippen LogP contribution in [-0.4, -0.2) is 5.97 Å². The zero-order valence-electron chi connectivity index (χ0n) is 12.5. The first-order chi connectivity index (χ1) is 9.41. The fraction of sp³-hybridized carbons (Fsp3) is 0.412.